The van der Waals surface area contributed by atoms with Gasteiger partial charge in [-0.25, -0.2) is 0 Å². The Morgan fingerprint density at radius 1 is 1.15 bits per heavy atom. The first-order chi connectivity index (χ1) is 9.61. The molecular weight excluding hydrogens is 270 g/mol. The maximum absolute atomic E-state index is 12.3. The number of benzene rings is 2. The summed E-state index contributed by atoms with van der Waals surface area (Å²) < 4.78 is 0. The van der Waals surface area contributed by atoms with Crippen LogP contribution in [0.2, 0.25) is 0 Å². The molecule has 1 unspecified atom stereocenters. The van der Waals surface area contributed by atoms with E-state index in [0.717, 1.165) is 17.2 Å². The summed E-state index contributed by atoms with van der Waals surface area (Å²) in [6.45, 7) is 4.19. The Kier molecular flexibility index (Phi) is 5.02. The number of hydrogen-bond donors (Lipinski definition) is 1. The highest BCUT2D eigenvalue weighted by Gasteiger charge is 2.16. The van der Waals surface area contributed by atoms with Crippen LogP contribution in [0.25, 0.3) is 10.8 Å². The summed E-state index contributed by atoms with van der Waals surface area (Å²) >= 11 is 5.80. The highest BCUT2D eigenvalue weighted by atomic mass is 35.5. The Labute approximate surface area is 125 Å². The van der Waals surface area contributed by atoms with E-state index in [2.05, 4.69) is 19.2 Å². The third-order valence-electron chi connectivity index (χ3n) is 3.55. The van der Waals surface area contributed by atoms with Crippen LogP contribution in [0.1, 0.15) is 30.6 Å². The fraction of sp³-hybridized carbons (Fsp3) is 0.353. The van der Waals surface area contributed by atoms with Crippen molar-refractivity contribution < 1.29 is 4.79 Å². The second-order valence-electron chi connectivity index (χ2n) is 5.36. The third-order valence-corrected chi connectivity index (χ3v) is 3.77. The number of alkyl halides is 1. The summed E-state index contributed by atoms with van der Waals surface area (Å²) in [6.07, 6.45) is 0.790. The zero-order valence-corrected chi connectivity index (χ0v) is 12.7. The van der Waals surface area contributed by atoms with E-state index in [4.69, 9.17) is 11.6 Å². The van der Waals surface area contributed by atoms with Gasteiger partial charge in [-0.2, -0.15) is 0 Å². The van der Waals surface area contributed by atoms with Gasteiger partial charge in [-0.05, 0) is 35.2 Å². The van der Waals surface area contributed by atoms with Crippen molar-refractivity contribution in [2.45, 2.75) is 26.3 Å². The van der Waals surface area contributed by atoms with Crippen LogP contribution in [0.3, 0.4) is 0 Å². The highest BCUT2D eigenvalue weighted by molar-refractivity contribution is 6.17. The van der Waals surface area contributed by atoms with Crippen molar-refractivity contribution in [3.8, 4) is 0 Å². The zero-order valence-electron chi connectivity index (χ0n) is 11.9. The maximum atomic E-state index is 12.3. The molecule has 3 heteroatoms. The molecule has 1 N–H and O–H groups in total. The average Bonchev–Trinajstić information content (AvgIpc) is 2.46. The summed E-state index contributed by atoms with van der Waals surface area (Å²) in [4.78, 5) is 12.3. The Bertz CT molecular complexity index is 594. The largest absolute Gasteiger partial charge is 0.349 e. The van der Waals surface area contributed by atoms with Crippen molar-refractivity contribution in [3.63, 3.8) is 0 Å². The molecule has 106 valence electrons. The smallest absolute Gasteiger partial charge is 0.251 e. The molecule has 0 fully saturated rings. The van der Waals surface area contributed by atoms with E-state index in [1.807, 2.05) is 42.5 Å². The number of rotatable bonds is 5. The van der Waals surface area contributed by atoms with E-state index in [1.54, 1.807) is 0 Å². The molecule has 2 rings (SSSR count). The van der Waals surface area contributed by atoms with Crippen LogP contribution < -0.4 is 5.32 Å². The Morgan fingerprint density at radius 3 is 2.50 bits per heavy atom. The molecule has 1 atom stereocenters. The van der Waals surface area contributed by atoms with Crippen molar-refractivity contribution in [2.24, 2.45) is 5.92 Å². The van der Waals surface area contributed by atoms with E-state index in [0.29, 0.717) is 17.4 Å². The molecule has 0 heterocycles. The predicted octanol–water partition coefficient (Wildman–Crippen LogP) is 4.22. The van der Waals surface area contributed by atoms with Crippen LogP contribution >= 0.6 is 11.6 Å². The van der Waals surface area contributed by atoms with Gasteiger partial charge in [-0.3, -0.25) is 4.79 Å². The first kappa shape index (κ1) is 14.9. The SMILES string of the molecule is CC(C)C(CCCl)NC(=O)c1ccc2ccccc2c1. The topological polar surface area (TPSA) is 29.1 Å². The van der Waals surface area contributed by atoms with Crippen LogP contribution in [0.4, 0.5) is 0 Å². The van der Waals surface area contributed by atoms with Crippen molar-refractivity contribution >= 4 is 28.3 Å². The minimum absolute atomic E-state index is 0.0282. The number of amides is 1. The van der Waals surface area contributed by atoms with E-state index < -0.39 is 0 Å². The lowest BCUT2D eigenvalue weighted by Gasteiger charge is -2.21. The van der Waals surface area contributed by atoms with Crippen molar-refractivity contribution in [3.05, 3.63) is 48.0 Å². The van der Waals surface area contributed by atoms with E-state index in [9.17, 15) is 4.79 Å². The standard InChI is InChI=1S/C17H20ClNO/c1-12(2)16(9-10-18)19-17(20)15-8-7-13-5-3-4-6-14(13)11-15/h3-8,11-12,16H,9-10H2,1-2H3,(H,19,20). The second-order valence-corrected chi connectivity index (χ2v) is 5.74. The lowest BCUT2D eigenvalue weighted by molar-refractivity contribution is 0.0925. The second kappa shape index (κ2) is 6.76. The molecule has 0 aromatic heterocycles. The van der Waals surface area contributed by atoms with Crippen LogP contribution in [0.15, 0.2) is 42.5 Å². The van der Waals surface area contributed by atoms with Gasteiger partial charge in [0.15, 0.2) is 0 Å². The lowest BCUT2D eigenvalue weighted by atomic mass is 10.0. The maximum Gasteiger partial charge on any atom is 0.251 e. The number of hydrogen-bond acceptors (Lipinski definition) is 1. The van der Waals surface area contributed by atoms with Gasteiger partial charge < -0.3 is 5.32 Å². The molecule has 0 aliphatic rings. The molecule has 0 spiro atoms. The molecule has 0 bridgehead atoms. The van der Waals surface area contributed by atoms with Gasteiger partial charge in [0.25, 0.3) is 5.91 Å². The molecule has 0 saturated heterocycles. The number of carbonyl (C=O) groups is 1. The fourth-order valence-corrected chi connectivity index (χ4v) is 2.51. The summed E-state index contributed by atoms with van der Waals surface area (Å²) in [7, 11) is 0. The summed E-state index contributed by atoms with van der Waals surface area (Å²) in [5.41, 5.74) is 0.698. The number of carbonyl (C=O) groups excluding carboxylic acids is 1. The third kappa shape index (κ3) is 3.51. The summed E-state index contributed by atoms with van der Waals surface area (Å²) in [5.74, 6) is 0.902. The fourth-order valence-electron chi connectivity index (χ4n) is 2.27. The van der Waals surface area contributed by atoms with Crippen molar-refractivity contribution in [1.29, 1.82) is 0 Å². The molecular formula is C17H20ClNO. The van der Waals surface area contributed by atoms with Gasteiger partial charge in [0.2, 0.25) is 0 Å². The number of fused-ring (bicyclic) bond motifs is 1. The molecule has 2 aromatic rings. The van der Waals surface area contributed by atoms with Gasteiger partial charge in [0.1, 0.15) is 0 Å². The van der Waals surface area contributed by atoms with E-state index in [1.165, 1.54) is 0 Å². The predicted molar refractivity (Wildman–Crippen MR) is 85.4 cm³/mol. The Morgan fingerprint density at radius 2 is 1.85 bits per heavy atom. The van der Waals surface area contributed by atoms with E-state index >= 15 is 0 Å². The van der Waals surface area contributed by atoms with Crippen LogP contribution in [-0.2, 0) is 0 Å². The lowest BCUT2D eigenvalue weighted by Crippen LogP contribution is -2.38. The Hall–Kier alpha value is -1.54. The molecule has 2 aromatic carbocycles. The minimum atomic E-state index is -0.0282. The first-order valence-electron chi connectivity index (χ1n) is 6.97. The van der Waals surface area contributed by atoms with Gasteiger partial charge >= 0.3 is 0 Å². The van der Waals surface area contributed by atoms with Gasteiger partial charge in [0.05, 0.1) is 0 Å². The molecule has 1 amide bonds. The number of nitrogens with one attached hydrogen (secondary N) is 1. The molecule has 2 nitrogen and oxygen atoms in total. The van der Waals surface area contributed by atoms with Crippen molar-refractivity contribution in [2.75, 3.05) is 5.88 Å². The van der Waals surface area contributed by atoms with Crippen LogP contribution in [0, 0.1) is 5.92 Å². The van der Waals surface area contributed by atoms with Gasteiger partial charge in [0, 0.05) is 17.5 Å². The van der Waals surface area contributed by atoms with Crippen molar-refractivity contribution in [1.82, 2.24) is 5.32 Å². The quantitative estimate of drug-likeness (QED) is 0.820. The Balaban J connectivity index is 2.18. The average molecular weight is 290 g/mol. The molecule has 20 heavy (non-hydrogen) atoms. The minimum Gasteiger partial charge on any atom is -0.349 e. The summed E-state index contributed by atoms with van der Waals surface area (Å²) in [5, 5.41) is 5.30. The number of halogens is 1. The molecule has 0 aliphatic heterocycles. The van der Waals surface area contributed by atoms with E-state index in [-0.39, 0.29) is 11.9 Å². The van der Waals surface area contributed by atoms with Gasteiger partial charge in [-0.1, -0.05) is 44.2 Å². The first-order valence-corrected chi connectivity index (χ1v) is 7.51. The molecule has 0 radical (unpaired) electrons. The van der Waals surface area contributed by atoms with Crippen LogP contribution in [0.5, 0.6) is 0 Å². The highest BCUT2D eigenvalue weighted by Crippen LogP contribution is 2.16. The van der Waals surface area contributed by atoms with Crippen LogP contribution in [-0.4, -0.2) is 17.8 Å². The molecule has 0 saturated carbocycles. The molecule has 0 aliphatic carbocycles. The summed E-state index contributed by atoms with van der Waals surface area (Å²) in [6, 6.07) is 13.9. The zero-order chi connectivity index (χ0) is 14.5. The van der Waals surface area contributed by atoms with Gasteiger partial charge in [-0.15, -0.1) is 11.6 Å². The monoisotopic (exact) mass is 289 g/mol. The normalized spacial score (nSPS) is 12.6.